The summed E-state index contributed by atoms with van der Waals surface area (Å²) in [7, 11) is -4.02. The van der Waals surface area contributed by atoms with Crippen LogP contribution < -0.4 is 10.0 Å². The molecule has 1 amide bonds. The van der Waals surface area contributed by atoms with Crippen molar-refractivity contribution in [1.29, 1.82) is 0 Å². The minimum absolute atomic E-state index is 0.0973. The Hall–Kier alpha value is -4.34. The molecule has 1 heterocycles. The quantitative estimate of drug-likeness (QED) is 0.231. The van der Waals surface area contributed by atoms with E-state index >= 15 is 0 Å². The van der Waals surface area contributed by atoms with Gasteiger partial charge in [0, 0.05) is 10.9 Å². The summed E-state index contributed by atoms with van der Waals surface area (Å²) in [5, 5.41) is 4.99. The van der Waals surface area contributed by atoms with Gasteiger partial charge in [-0.25, -0.2) is 17.8 Å². The second kappa shape index (κ2) is 11.0. The minimum atomic E-state index is -4.02. The van der Waals surface area contributed by atoms with Gasteiger partial charge in [0.15, 0.2) is 5.13 Å². The minimum Gasteiger partial charge on any atom is -0.298 e. The number of benzene rings is 4. The number of hydrogen-bond donors (Lipinski definition) is 2. The molecule has 0 fully saturated rings. The van der Waals surface area contributed by atoms with Crippen molar-refractivity contribution in [3.8, 4) is 11.3 Å². The Labute approximate surface area is 223 Å². The lowest BCUT2D eigenvalue weighted by molar-refractivity contribution is 0.102. The van der Waals surface area contributed by atoms with Gasteiger partial charge in [-0.2, -0.15) is 0 Å². The molecule has 0 saturated heterocycles. The van der Waals surface area contributed by atoms with E-state index in [-0.39, 0.29) is 16.1 Å². The normalized spacial score (nSPS) is 11.2. The van der Waals surface area contributed by atoms with E-state index in [2.05, 4.69) is 39.3 Å². The first-order valence-electron chi connectivity index (χ1n) is 11.6. The number of carbonyl (C=O) groups is 1. The van der Waals surface area contributed by atoms with Crippen LogP contribution in [0.2, 0.25) is 0 Å². The van der Waals surface area contributed by atoms with E-state index in [9.17, 15) is 17.6 Å². The van der Waals surface area contributed by atoms with Crippen LogP contribution in [0.15, 0.2) is 113 Å². The number of para-hydroxylation sites is 1. The summed E-state index contributed by atoms with van der Waals surface area (Å²) in [6.45, 7) is 0. The first kappa shape index (κ1) is 25.3. The number of aromatic nitrogens is 1. The molecule has 0 atom stereocenters. The fourth-order valence-corrected chi connectivity index (χ4v) is 5.64. The van der Waals surface area contributed by atoms with Crippen LogP contribution in [0.25, 0.3) is 11.3 Å². The molecule has 38 heavy (non-hydrogen) atoms. The molecule has 1 aromatic heterocycles. The SMILES string of the molecule is O=C(Nc1nc(-c2ccc(Cc3ccccc3)cc2)cs1)c1ccccc1NS(=O)(=O)c1ccc(F)cc1. The Morgan fingerprint density at radius 1 is 0.816 bits per heavy atom. The molecule has 5 aromatic rings. The zero-order valence-electron chi connectivity index (χ0n) is 20.0. The first-order chi connectivity index (χ1) is 18.4. The van der Waals surface area contributed by atoms with Gasteiger partial charge in [-0.15, -0.1) is 11.3 Å². The zero-order valence-corrected chi connectivity index (χ0v) is 21.6. The second-order valence-electron chi connectivity index (χ2n) is 8.46. The van der Waals surface area contributed by atoms with Crippen molar-refractivity contribution >= 4 is 38.1 Å². The summed E-state index contributed by atoms with van der Waals surface area (Å²) in [6, 6.07) is 29.0. The number of amides is 1. The van der Waals surface area contributed by atoms with Crippen LogP contribution in [0, 0.1) is 5.82 Å². The van der Waals surface area contributed by atoms with Crippen LogP contribution in [0.3, 0.4) is 0 Å². The summed E-state index contributed by atoms with van der Waals surface area (Å²) in [5.74, 6) is -1.06. The van der Waals surface area contributed by atoms with Crippen LogP contribution in [0.5, 0.6) is 0 Å². The molecule has 5 rings (SSSR count). The number of carbonyl (C=O) groups excluding carboxylic acids is 1. The van der Waals surface area contributed by atoms with Gasteiger partial charge in [0.25, 0.3) is 15.9 Å². The number of nitrogens with one attached hydrogen (secondary N) is 2. The van der Waals surface area contributed by atoms with Crippen molar-refractivity contribution in [2.75, 3.05) is 10.0 Å². The van der Waals surface area contributed by atoms with Gasteiger partial charge in [-0.1, -0.05) is 66.7 Å². The molecule has 0 spiro atoms. The molecular weight excluding hydrogens is 521 g/mol. The molecule has 6 nitrogen and oxygen atoms in total. The molecule has 0 aliphatic carbocycles. The number of rotatable bonds is 8. The van der Waals surface area contributed by atoms with E-state index in [1.807, 2.05) is 35.7 Å². The molecule has 2 N–H and O–H groups in total. The summed E-state index contributed by atoms with van der Waals surface area (Å²) in [4.78, 5) is 17.5. The van der Waals surface area contributed by atoms with Gasteiger partial charge >= 0.3 is 0 Å². The third kappa shape index (κ3) is 5.96. The average Bonchev–Trinajstić information content (AvgIpc) is 3.38. The molecule has 0 aliphatic rings. The zero-order chi connectivity index (χ0) is 26.5. The smallest absolute Gasteiger partial charge is 0.261 e. The maximum Gasteiger partial charge on any atom is 0.261 e. The summed E-state index contributed by atoms with van der Waals surface area (Å²) < 4.78 is 41.1. The first-order valence-corrected chi connectivity index (χ1v) is 14.0. The monoisotopic (exact) mass is 543 g/mol. The maximum atomic E-state index is 13.2. The number of anilines is 2. The Kier molecular flexibility index (Phi) is 7.30. The van der Waals surface area contributed by atoms with E-state index in [4.69, 9.17) is 0 Å². The highest BCUT2D eigenvalue weighted by Crippen LogP contribution is 2.27. The van der Waals surface area contributed by atoms with Crippen LogP contribution in [-0.2, 0) is 16.4 Å². The number of sulfonamides is 1. The predicted molar refractivity (Wildman–Crippen MR) is 148 cm³/mol. The van der Waals surface area contributed by atoms with Crippen LogP contribution >= 0.6 is 11.3 Å². The fourth-order valence-electron chi connectivity index (χ4n) is 3.84. The van der Waals surface area contributed by atoms with Gasteiger partial charge in [0.05, 0.1) is 21.8 Å². The lowest BCUT2D eigenvalue weighted by Crippen LogP contribution is -2.18. The third-order valence-corrected chi connectivity index (χ3v) is 7.90. The Bertz CT molecular complexity index is 1670. The van der Waals surface area contributed by atoms with Crippen LogP contribution in [0.4, 0.5) is 15.2 Å². The number of hydrogen-bond acceptors (Lipinski definition) is 5. The highest BCUT2D eigenvalue weighted by Gasteiger charge is 2.19. The summed E-state index contributed by atoms with van der Waals surface area (Å²) in [5.41, 5.74) is 4.29. The Morgan fingerprint density at radius 2 is 1.47 bits per heavy atom. The molecule has 0 unspecified atom stereocenters. The van der Waals surface area contributed by atoms with Crippen molar-refractivity contribution < 1.29 is 17.6 Å². The van der Waals surface area contributed by atoms with Gasteiger partial charge < -0.3 is 0 Å². The second-order valence-corrected chi connectivity index (χ2v) is 11.0. The number of halogens is 1. The van der Waals surface area contributed by atoms with Gasteiger partial charge in [-0.3, -0.25) is 14.8 Å². The standard InChI is InChI=1S/C29H22FN3O3S2/c30-23-14-16-24(17-15-23)38(35,36)33-26-9-5-4-8-25(26)28(34)32-29-31-27(19-37-29)22-12-10-21(11-13-22)18-20-6-2-1-3-7-20/h1-17,19,33H,18H2,(H,31,32,34). The highest BCUT2D eigenvalue weighted by atomic mass is 32.2. The maximum absolute atomic E-state index is 13.2. The summed E-state index contributed by atoms with van der Waals surface area (Å²) in [6.07, 6.45) is 0.837. The molecule has 0 aliphatic heterocycles. The predicted octanol–water partition coefficient (Wildman–Crippen LogP) is 6.59. The van der Waals surface area contributed by atoms with E-state index in [0.29, 0.717) is 5.13 Å². The van der Waals surface area contributed by atoms with Gasteiger partial charge in [0.1, 0.15) is 5.82 Å². The Morgan fingerprint density at radius 3 is 2.21 bits per heavy atom. The molecule has 0 saturated carbocycles. The molecule has 4 aromatic carbocycles. The van der Waals surface area contributed by atoms with E-state index in [0.717, 1.165) is 41.9 Å². The molecule has 0 radical (unpaired) electrons. The molecule has 9 heteroatoms. The van der Waals surface area contributed by atoms with E-state index in [1.54, 1.807) is 12.1 Å². The fraction of sp³-hybridized carbons (Fsp3) is 0.0345. The van der Waals surface area contributed by atoms with Crippen molar-refractivity contribution in [2.45, 2.75) is 11.3 Å². The van der Waals surface area contributed by atoms with E-state index in [1.165, 1.54) is 34.6 Å². The lowest BCUT2D eigenvalue weighted by atomic mass is 10.0. The van der Waals surface area contributed by atoms with Gasteiger partial charge in [0.2, 0.25) is 0 Å². The average molecular weight is 544 g/mol. The third-order valence-electron chi connectivity index (χ3n) is 5.77. The van der Waals surface area contributed by atoms with Gasteiger partial charge in [-0.05, 0) is 53.9 Å². The van der Waals surface area contributed by atoms with Crippen molar-refractivity contribution in [1.82, 2.24) is 4.98 Å². The number of nitrogens with zero attached hydrogens (tertiary/aromatic N) is 1. The lowest BCUT2D eigenvalue weighted by Gasteiger charge is -2.12. The van der Waals surface area contributed by atoms with Crippen molar-refractivity contribution in [3.63, 3.8) is 0 Å². The molecule has 0 bridgehead atoms. The molecule has 190 valence electrons. The summed E-state index contributed by atoms with van der Waals surface area (Å²) >= 11 is 1.27. The van der Waals surface area contributed by atoms with Crippen LogP contribution in [-0.4, -0.2) is 19.3 Å². The number of thiazole rings is 1. The van der Waals surface area contributed by atoms with E-state index < -0.39 is 21.7 Å². The topological polar surface area (TPSA) is 88.2 Å². The largest absolute Gasteiger partial charge is 0.298 e. The van der Waals surface area contributed by atoms with Crippen molar-refractivity contribution in [3.05, 3.63) is 131 Å². The molecular formula is C29H22FN3O3S2. The highest BCUT2D eigenvalue weighted by molar-refractivity contribution is 7.92. The van der Waals surface area contributed by atoms with Crippen LogP contribution in [0.1, 0.15) is 21.5 Å². The Balaban J connectivity index is 1.28. The van der Waals surface area contributed by atoms with Crippen molar-refractivity contribution in [2.24, 2.45) is 0 Å².